The van der Waals surface area contributed by atoms with Crippen LogP contribution < -0.4 is 14.9 Å². The minimum absolute atomic E-state index is 0.0499. The Morgan fingerprint density at radius 1 is 1.00 bits per heavy atom. The Hall–Kier alpha value is -2.91. The summed E-state index contributed by atoms with van der Waals surface area (Å²) in [6, 6.07) is 13.0. The second kappa shape index (κ2) is 10.0. The fourth-order valence-corrected chi connectivity index (χ4v) is 3.46. The molecule has 156 valence electrons. The molecule has 0 atom stereocenters. The molecule has 0 aromatic heterocycles. The summed E-state index contributed by atoms with van der Waals surface area (Å²) in [6.07, 6.45) is 0. The van der Waals surface area contributed by atoms with Crippen molar-refractivity contribution in [1.82, 2.24) is 10.0 Å². The molecule has 0 unspecified atom stereocenters. The van der Waals surface area contributed by atoms with E-state index in [1.807, 2.05) is 43.3 Å². The zero-order valence-electron chi connectivity index (χ0n) is 16.6. The number of ether oxygens (including phenoxy) is 1. The van der Waals surface area contributed by atoms with Gasteiger partial charge in [0.05, 0.1) is 10.5 Å². The molecule has 0 bridgehead atoms. The van der Waals surface area contributed by atoms with Crippen LogP contribution in [0.25, 0.3) is 0 Å². The number of benzene rings is 2. The lowest BCUT2D eigenvalue weighted by Crippen LogP contribution is -2.28. The number of hydrogen-bond acceptors (Lipinski definition) is 6. The van der Waals surface area contributed by atoms with E-state index in [-0.39, 0.29) is 17.0 Å². The molecule has 2 aromatic rings. The van der Waals surface area contributed by atoms with Crippen molar-refractivity contribution < 1.29 is 22.7 Å². The van der Waals surface area contributed by atoms with E-state index in [1.54, 1.807) is 6.92 Å². The molecule has 1 amide bonds. The second-order valence-corrected chi connectivity index (χ2v) is 8.21. The van der Waals surface area contributed by atoms with Gasteiger partial charge in [0.15, 0.2) is 6.61 Å². The van der Waals surface area contributed by atoms with E-state index in [9.17, 15) is 18.0 Å². The highest BCUT2D eigenvalue weighted by molar-refractivity contribution is 7.89. The monoisotopic (exact) mass is 419 g/mol. The van der Waals surface area contributed by atoms with Gasteiger partial charge in [-0.05, 0) is 42.0 Å². The summed E-state index contributed by atoms with van der Waals surface area (Å²) < 4.78 is 31.1. The average molecular weight is 420 g/mol. The van der Waals surface area contributed by atoms with Gasteiger partial charge in [0.2, 0.25) is 10.0 Å². The lowest BCUT2D eigenvalue weighted by molar-refractivity contribution is -0.124. The molecule has 0 spiro atoms. The first kappa shape index (κ1) is 22.4. The number of nitrogens with one attached hydrogen (secondary N) is 2. The molecule has 0 saturated carbocycles. The molecule has 0 saturated heterocycles. The summed E-state index contributed by atoms with van der Waals surface area (Å²) in [5, 5.41) is 2.68. The van der Waals surface area contributed by atoms with Crippen molar-refractivity contribution >= 4 is 27.6 Å². The summed E-state index contributed by atoms with van der Waals surface area (Å²) in [4.78, 5) is 26.0. The fraction of sp³-hybridized carbons (Fsp3) is 0.300. The van der Waals surface area contributed by atoms with Crippen molar-refractivity contribution in [3.63, 3.8) is 0 Å². The number of carbonyl (C=O) groups is 2. The van der Waals surface area contributed by atoms with Crippen LogP contribution in [0, 0.1) is 0 Å². The maximum atomic E-state index is 12.0. The van der Waals surface area contributed by atoms with E-state index >= 15 is 0 Å². The smallest absolute Gasteiger partial charge is 0.338 e. The van der Waals surface area contributed by atoms with Gasteiger partial charge in [-0.3, -0.25) is 4.79 Å². The number of hydrogen-bond donors (Lipinski definition) is 2. The Morgan fingerprint density at radius 3 is 2.17 bits per heavy atom. The number of amides is 1. The summed E-state index contributed by atoms with van der Waals surface area (Å²) >= 11 is 0. The molecular weight excluding hydrogens is 394 g/mol. The minimum atomic E-state index is -3.59. The summed E-state index contributed by atoms with van der Waals surface area (Å²) in [5.74, 6) is -1.13. The molecule has 2 rings (SSSR count). The Balaban J connectivity index is 1.83. The Labute approximate surface area is 170 Å². The van der Waals surface area contributed by atoms with Crippen LogP contribution in [0.2, 0.25) is 0 Å². The van der Waals surface area contributed by atoms with Gasteiger partial charge >= 0.3 is 5.97 Å². The predicted octanol–water partition coefficient (Wildman–Crippen LogP) is 1.52. The van der Waals surface area contributed by atoms with E-state index in [0.717, 1.165) is 11.3 Å². The van der Waals surface area contributed by atoms with E-state index in [2.05, 4.69) is 10.0 Å². The zero-order chi connectivity index (χ0) is 21.4. The lowest BCUT2D eigenvalue weighted by Gasteiger charge is -2.13. The van der Waals surface area contributed by atoms with Gasteiger partial charge in [0.1, 0.15) is 0 Å². The van der Waals surface area contributed by atoms with Crippen LogP contribution in [0.5, 0.6) is 0 Å². The standard InChI is InChI=1S/C20H25N3O5S/c1-4-22-29(26,27)18-11-7-16(8-12-18)20(25)28-14-19(24)21-13-15-5-9-17(10-6-15)23(2)3/h5-12,22H,4,13-14H2,1-3H3,(H,21,24). The maximum absolute atomic E-state index is 12.0. The van der Waals surface area contributed by atoms with Crippen molar-refractivity contribution in [2.45, 2.75) is 18.4 Å². The Kier molecular flexibility index (Phi) is 7.74. The average Bonchev–Trinajstić information content (AvgIpc) is 2.70. The molecule has 0 radical (unpaired) electrons. The van der Waals surface area contributed by atoms with Gasteiger partial charge in [0, 0.05) is 32.9 Å². The van der Waals surface area contributed by atoms with Crippen LogP contribution in [0.4, 0.5) is 5.69 Å². The lowest BCUT2D eigenvalue weighted by atomic mass is 10.2. The molecule has 2 aromatic carbocycles. The first-order valence-electron chi connectivity index (χ1n) is 9.02. The summed E-state index contributed by atoms with van der Waals surface area (Å²) in [7, 11) is 0.300. The quantitative estimate of drug-likeness (QED) is 0.597. The molecule has 0 aliphatic rings. The first-order chi connectivity index (χ1) is 13.7. The molecule has 0 aliphatic heterocycles. The van der Waals surface area contributed by atoms with Gasteiger partial charge < -0.3 is 15.0 Å². The van der Waals surface area contributed by atoms with Gasteiger partial charge in [0.25, 0.3) is 5.91 Å². The number of anilines is 1. The largest absolute Gasteiger partial charge is 0.452 e. The van der Waals surface area contributed by atoms with E-state index in [1.165, 1.54) is 24.3 Å². The summed E-state index contributed by atoms with van der Waals surface area (Å²) in [5.41, 5.74) is 2.14. The normalized spacial score (nSPS) is 11.0. The third kappa shape index (κ3) is 6.58. The van der Waals surface area contributed by atoms with Crippen molar-refractivity contribution in [1.29, 1.82) is 0 Å². The second-order valence-electron chi connectivity index (χ2n) is 6.44. The molecule has 8 nitrogen and oxygen atoms in total. The molecule has 0 aliphatic carbocycles. The highest BCUT2D eigenvalue weighted by Gasteiger charge is 2.15. The van der Waals surface area contributed by atoms with Crippen LogP contribution >= 0.6 is 0 Å². The van der Waals surface area contributed by atoms with Crippen LogP contribution in [-0.2, 0) is 26.1 Å². The molecule has 29 heavy (non-hydrogen) atoms. The van der Waals surface area contributed by atoms with Crippen molar-refractivity contribution in [2.24, 2.45) is 0 Å². The van der Waals surface area contributed by atoms with Crippen molar-refractivity contribution in [3.8, 4) is 0 Å². The van der Waals surface area contributed by atoms with Gasteiger partial charge in [-0.25, -0.2) is 17.9 Å². The number of esters is 1. The Morgan fingerprint density at radius 2 is 1.62 bits per heavy atom. The third-order valence-electron chi connectivity index (χ3n) is 4.01. The highest BCUT2D eigenvalue weighted by Crippen LogP contribution is 2.12. The number of sulfonamides is 1. The van der Waals surface area contributed by atoms with Gasteiger partial charge in [-0.15, -0.1) is 0 Å². The molecule has 0 heterocycles. The van der Waals surface area contributed by atoms with E-state index in [0.29, 0.717) is 6.54 Å². The molecule has 2 N–H and O–H groups in total. The zero-order valence-corrected chi connectivity index (χ0v) is 17.5. The Bertz CT molecular complexity index is 939. The SMILES string of the molecule is CCNS(=O)(=O)c1ccc(C(=O)OCC(=O)NCc2ccc(N(C)C)cc2)cc1. The van der Waals surface area contributed by atoms with Crippen LogP contribution in [-0.4, -0.2) is 47.5 Å². The van der Waals surface area contributed by atoms with Crippen molar-refractivity contribution in [3.05, 3.63) is 59.7 Å². The van der Waals surface area contributed by atoms with E-state index in [4.69, 9.17) is 4.74 Å². The van der Waals surface area contributed by atoms with Gasteiger partial charge in [-0.1, -0.05) is 19.1 Å². The molecular formula is C20H25N3O5S. The first-order valence-corrected chi connectivity index (χ1v) is 10.5. The van der Waals surface area contributed by atoms with E-state index < -0.39 is 28.5 Å². The van der Waals surface area contributed by atoms with Gasteiger partial charge in [-0.2, -0.15) is 0 Å². The van der Waals surface area contributed by atoms with Crippen LogP contribution in [0.1, 0.15) is 22.8 Å². The number of rotatable bonds is 9. The van der Waals surface area contributed by atoms with Crippen LogP contribution in [0.3, 0.4) is 0 Å². The summed E-state index contributed by atoms with van der Waals surface area (Å²) in [6.45, 7) is 1.83. The third-order valence-corrected chi connectivity index (χ3v) is 5.57. The fourth-order valence-electron chi connectivity index (χ4n) is 2.42. The van der Waals surface area contributed by atoms with Crippen molar-refractivity contribution in [2.75, 3.05) is 32.1 Å². The topological polar surface area (TPSA) is 105 Å². The highest BCUT2D eigenvalue weighted by atomic mass is 32.2. The number of carbonyl (C=O) groups excluding carboxylic acids is 2. The predicted molar refractivity (Wildman–Crippen MR) is 110 cm³/mol. The minimum Gasteiger partial charge on any atom is -0.452 e. The number of nitrogens with zero attached hydrogens (tertiary/aromatic N) is 1. The molecule has 9 heteroatoms. The maximum Gasteiger partial charge on any atom is 0.338 e. The molecule has 0 fully saturated rings. The van der Waals surface area contributed by atoms with Crippen LogP contribution in [0.15, 0.2) is 53.4 Å².